The minimum absolute atomic E-state index is 0.193. The van der Waals surface area contributed by atoms with Gasteiger partial charge in [0.25, 0.3) is 0 Å². The van der Waals surface area contributed by atoms with Crippen LogP contribution in [0.25, 0.3) is 0 Å². The van der Waals surface area contributed by atoms with Crippen LogP contribution in [0.1, 0.15) is 39.5 Å². The highest BCUT2D eigenvalue weighted by molar-refractivity contribution is 5.68. The molecule has 0 amide bonds. The SMILES string of the molecule is CCCC(CC)NC1(CC(=O)O)CNC1. The normalized spacial score (nSPS) is 20.7. The largest absolute Gasteiger partial charge is 0.481 e. The van der Waals surface area contributed by atoms with Crippen molar-refractivity contribution in [2.24, 2.45) is 0 Å². The first-order valence-corrected chi connectivity index (χ1v) is 5.82. The summed E-state index contributed by atoms with van der Waals surface area (Å²) in [5.74, 6) is -0.713. The zero-order valence-electron chi connectivity index (χ0n) is 9.68. The summed E-state index contributed by atoms with van der Waals surface area (Å²) in [6, 6.07) is 0.455. The molecule has 0 spiro atoms. The van der Waals surface area contributed by atoms with Crippen LogP contribution < -0.4 is 10.6 Å². The molecule has 0 aromatic carbocycles. The van der Waals surface area contributed by atoms with Gasteiger partial charge < -0.3 is 15.7 Å². The molecule has 15 heavy (non-hydrogen) atoms. The van der Waals surface area contributed by atoms with Crippen LogP contribution in [0.5, 0.6) is 0 Å². The molecule has 1 aliphatic rings. The van der Waals surface area contributed by atoms with Crippen LogP contribution in [0.3, 0.4) is 0 Å². The second-order valence-corrected chi connectivity index (χ2v) is 4.49. The topological polar surface area (TPSA) is 61.4 Å². The fourth-order valence-electron chi connectivity index (χ4n) is 2.15. The molecule has 1 heterocycles. The van der Waals surface area contributed by atoms with Crippen molar-refractivity contribution in [1.29, 1.82) is 0 Å². The van der Waals surface area contributed by atoms with Crippen LogP contribution in [0.15, 0.2) is 0 Å². The lowest BCUT2D eigenvalue weighted by Gasteiger charge is -2.45. The van der Waals surface area contributed by atoms with Gasteiger partial charge in [-0.1, -0.05) is 20.3 Å². The lowest BCUT2D eigenvalue weighted by molar-refractivity contribution is -0.139. The maximum absolute atomic E-state index is 10.8. The summed E-state index contributed by atoms with van der Waals surface area (Å²) in [7, 11) is 0. The van der Waals surface area contributed by atoms with Crippen molar-refractivity contribution in [3.8, 4) is 0 Å². The summed E-state index contributed by atoms with van der Waals surface area (Å²) >= 11 is 0. The molecule has 1 saturated heterocycles. The van der Waals surface area contributed by atoms with E-state index in [1.165, 1.54) is 0 Å². The standard InChI is InChI=1S/C11H22N2O2/c1-3-5-9(4-2)13-11(6-10(14)15)7-12-8-11/h9,12-13H,3-8H2,1-2H3,(H,14,15). The molecule has 1 atom stereocenters. The highest BCUT2D eigenvalue weighted by atomic mass is 16.4. The van der Waals surface area contributed by atoms with Gasteiger partial charge in [-0.3, -0.25) is 4.79 Å². The van der Waals surface area contributed by atoms with Gasteiger partial charge in [0, 0.05) is 19.1 Å². The highest BCUT2D eigenvalue weighted by Gasteiger charge is 2.39. The first-order chi connectivity index (χ1) is 7.12. The smallest absolute Gasteiger partial charge is 0.305 e. The predicted octanol–water partition coefficient (Wildman–Crippen LogP) is 0.971. The fourth-order valence-corrected chi connectivity index (χ4v) is 2.15. The maximum Gasteiger partial charge on any atom is 0.305 e. The van der Waals surface area contributed by atoms with Gasteiger partial charge in [-0.25, -0.2) is 0 Å². The summed E-state index contributed by atoms with van der Waals surface area (Å²) < 4.78 is 0. The van der Waals surface area contributed by atoms with Gasteiger partial charge >= 0.3 is 5.97 Å². The lowest BCUT2D eigenvalue weighted by atomic mass is 9.87. The summed E-state index contributed by atoms with van der Waals surface area (Å²) in [6.45, 7) is 5.86. The Kier molecular flexibility index (Phi) is 4.54. The number of carbonyl (C=O) groups is 1. The van der Waals surface area contributed by atoms with Crippen molar-refractivity contribution in [3.05, 3.63) is 0 Å². The van der Waals surface area contributed by atoms with Gasteiger partial charge in [0.05, 0.1) is 12.0 Å². The first kappa shape index (κ1) is 12.5. The number of nitrogens with one attached hydrogen (secondary N) is 2. The Labute approximate surface area is 91.4 Å². The molecule has 1 fully saturated rings. The van der Waals surface area contributed by atoms with Crippen LogP contribution in [0.4, 0.5) is 0 Å². The zero-order valence-corrected chi connectivity index (χ0v) is 9.68. The predicted molar refractivity (Wildman–Crippen MR) is 60.0 cm³/mol. The van der Waals surface area contributed by atoms with Crippen LogP contribution in [0.2, 0.25) is 0 Å². The van der Waals surface area contributed by atoms with Gasteiger partial charge in [-0.15, -0.1) is 0 Å². The van der Waals surface area contributed by atoms with E-state index in [2.05, 4.69) is 24.5 Å². The van der Waals surface area contributed by atoms with Crippen LogP contribution in [-0.2, 0) is 4.79 Å². The lowest BCUT2D eigenvalue weighted by Crippen LogP contribution is -2.70. The molecule has 0 saturated carbocycles. The van der Waals surface area contributed by atoms with Crippen molar-refractivity contribution in [1.82, 2.24) is 10.6 Å². The molecule has 88 valence electrons. The molecular formula is C11H22N2O2. The number of aliphatic carboxylic acids is 1. The molecular weight excluding hydrogens is 192 g/mol. The Bertz CT molecular complexity index is 215. The summed E-state index contributed by atoms with van der Waals surface area (Å²) in [5.41, 5.74) is -0.193. The van der Waals surface area contributed by atoms with Gasteiger partial charge in [-0.05, 0) is 12.8 Å². The molecule has 3 N–H and O–H groups in total. The van der Waals surface area contributed by atoms with Crippen LogP contribution in [0, 0.1) is 0 Å². The number of hydrogen-bond donors (Lipinski definition) is 3. The Morgan fingerprint density at radius 1 is 1.53 bits per heavy atom. The summed E-state index contributed by atoms with van der Waals surface area (Å²) in [5, 5.41) is 15.5. The van der Waals surface area contributed by atoms with E-state index >= 15 is 0 Å². The molecule has 0 aromatic rings. The minimum Gasteiger partial charge on any atom is -0.481 e. The third kappa shape index (κ3) is 3.47. The first-order valence-electron chi connectivity index (χ1n) is 5.82. The van der Waals surface area contributed by atoms with E-state index in [4.69, 9.17) is 5.11 Å². The fraction of sp³-hybridized carbons (Fsp3) is 0.909. The van der Waals surface area contributed by atoms with Gasteiger partial charge in [0.2, 0.25) is 0 Å². The molecule has 0 aromatic heterocycles. The monoisotopic (exact) mass is 214 g/mol. The Morgan fingerprint density at radius 3 is 2.53 bits per heavy atom. The van der Waals surface area contributed by atoms with Crippen molar-refractivity contribution in [2.75, 3.05) is 13.1 Å². The molecule has 1 rings (SSSR count). The van der Waals surface area contributed by atoms with E-state index in [0.29, 0.717) is 6.04 Å². The molecule has 4 heteroatoms. The van der Waals surface area contributed by atoms with Crippen molar-refractivity contribution in [3.63, 3.8) is 0 Å². The third-order valence-corrected chi connectivity index (χ3v) is 3.06. The number of carboxylic acids is 1. The van der Waals surface area contributed by atoms with E-state index in [1.54, 1.807) is 0 Å². The Balaban J connectivity index is 2.47. The number of rotatable bonds is 7. The maximum atomic E-state index is 10.8. The zero-order chi connectivity index (χ0) is 11.3. The van der Waals surface area contributed by atoms with E-state index in [0.717, 1.165) is 32.4 Å². The second kappa shape index (κ2) is 5.47. The molecule has 0 aliphatic carbocycles. The van der Waals surface area contributed by atoms with Gasteiger partial charge in [0.15, 0.2) is 0 Å². The van der Waals surface area contributed by atoms with Crippen LogP contribution in [-0.4, -0.2) is 35.7 Å². The number of carboxylic acid groups (broad SMARTS) is 1. The molecule has 1 aliphatic heterocycles. The highest BCUT2D eigenvalue weighted by Crippen LogP contribution is 2.19. The quantitative estimate of drug-likeness (QED) is 0.591. The van der Waals surface area contributed by atoms with Crippen molar-refractivity contribution >= 4 is 5.97 Å². The van der Waals surface area contributed by atoms with Crippen molar-refractivity contribution in [2.45, 2.75) is 51.1 Å². The minimum atomic E-state index is -0.713. The van der Waals surface area contributed by atoms with Gasteiger partial charge in [-0.2, -0.15) is 0 Å². The van der Waals surface area contributed by atoms with Gasteiger partial charge in [0.1, 0.15) is 0 Å². The summed E-state index contributed by atoms with van der Waals surface area (Å²) in [6.07, 6.45) is 3.55. The van der Waals surface area contributed by atoms with Crippen LogP contribution >= 0.6 is 0 Å². The Morgan fingerprint density at radius 2 is 2.20 bits per heavy atom. The molecule has 0 radical (unpaired) electrons. The van der Waals surface area contributed by atoms with E-state index in [-0.39, 0.29) is 12.0 Å². The average Bonchev–Trinajstić information content (AvgIpc) is 2.12. The third-order valence-electron chi connectivity index (χ3n) is 3.06. The van der Waals surface area contributed by atoms with E-state index in [1.807, 2.05) is 0 Å². The molecule has 4 nitrogen and oxygen atoms in total. The second-order valence-electron chi connectivity index (χ2n) is 4.49. The van der Waals surface area contributed by atoms with E-state index < -0.39 is 5.97 Å². The molecule has 0 bridgehead atoms. The van der Waals surface area contributed by atoms with Crippen molar-refractivity contribution < 1.29 is 9.90 Å². The Hall–Kier alpha value is -0.610. The van der Waals surface area contributed by atoms with E-state index in [9.17, 15) is 4.79 Å². The average molecular weight is 214 g/mol. The number of hydrogen-bond acceptors (Lipinski definition) is 3. The molecule has 1 unspecified atom stereocenters. The summed E-state index contributed by atoms with van der Waals surface area (Å²) in [4.78, 5) is 10.8.